The summed E-state index contributed by atoms with van der Waals surface area (Å²) in [6.45, 7) is 1.04. The number of rotatable bonds is 3. The van der Waals surface area contributed by atoms with Crippen molar-refractivity contribution in [3.05, 3.63) is 34.6 Å². The number of amides is 2. The lowest BCUT2D eigenvalue weighted by Crippen LogP contribution is -2.56. The minimum absolute atomic E-state index is 0.0399. The number of halogens is 1. The summed E-state index contributed by atoms with van der Waals surface area (Å²) in [5.74, 6) is 0.261. The number of nitrogens with zero attached hydrogens (tertiary/aromatic N) is 4. The summed E-state index contributed by atoms with van der Waals surface area (Å²) >= 11 is 6.52. The number of piperazine rings is 1. The molecule has 8 heteroatoms. The molecule has 0 bridgehead atoms. The molecule has 2 amide bonds. The Morgan fingerprint density at radius 3 is 2.59 bits per heavy atom. The number of carbonyl (C=O) groups excluding carboxylic acids is 2. The van der Waals surface area contributed by atoms with Crippen molar-refractivity contribution in [2.75, 3.05) is 19.6 Å². The topological polar surface area (TPSA) is 78.2 Å². The van der Waals surface area contributed by atoms with Crippen LogP contribution in [0.25, 0.3) is 5.52 Å². The van der Waals surface area contributed by atoms with Crippen LogP contribution in [-0.4, -0.2) is 68.1 Å². The van der Waals surface area contributed by atoms with Crippen molar-refractivity contribution >= 4 is 28.9 Å². The molecule has 3 aliphatic rings. The van der Waals surface area contributed by atoms with Gasteiger partial charge in [0.05, 0.1) is 16.6 Å². The molecule has 29 heavy (non-hydrogen) atoms. The summed E-state index contributed by atoms with van der Waals surface area (Å²) < 4.78 is 1.65. The minimum Gasteiger partial charge on any atom is -0.393 e. The summed E-state index contributed by atoms with van der Waals surface area (Å²) in [6.07, 6.45) is 7.10. The van der Waals surface area contributed by atoms with E-state index in [1.54, 1.807) is 9.42 Å². The lowest BCUT2D eigenvalue weighted by Gasteiger charge is -2.41. The highest BCUT2D eigenvalue weighted by molar-refractivity contribution is 6.36. The maximum absolute atomic E-state index is 13.1. The van der Waals surface area contributed by atoms with E-state index in [9.17, 15) is 14.7 Å². The Labute approximate surface area is 174 Å². The smallest absolute Gasteiger partial charge is 0.276 e. The van der Waals surface area contributed by atoms with Gasteiger partial charge in [0, 0.05) is 25.3 Å². The van der Waals surface area contributed by atoms with Crippen molar-refractivity contribution in [1.82, 2.24) is 19.4 Å². The first-order valence-electron chi connectivity index (χ1n) is 10.5. The number of carbonyl (C=O) groups is 2. The molecule has 0 radical (unpaired) electrons. The predicted octanol–water partition coefficient (Wildman–Crippen LogP) is 2.45. The van der Waals surface area contributed by atoms with Gasteiger partial charge in [-0.1, -0.05) is 11.6 Å². The van der Waals surface area contributed by atoms with Gasteiger partial charge in [-0.15, -0.1) is 0 Å². The Morgan fingerprint density at radius 2 is 1.90 bits per heavy atom. The van der Waals surface area contributed by atoms with Gasteiger partial charge in [-0.25, -0.2) is 4.52 Å². The van der Waals surface area contributed by atoms with Crippen molar-refractivity contribution in [2.24, 2.45) is 0 Å². The standard InChI is InChI=1S/C21H25ClN4O3/c22-19-17-11-14(13-1-2-13)7-8-26(17)23-20(19)21(29)24-9-10-25(18(28)12-24)15-3-5-16(27)6-4-15/h7-8,11,13,15-16,27H,1-6,9-10,12H2. The summed E-state index contributed by atoms with van der Waals surface area (Å²) in [5, 5.41) is 14.4. The molecule has 1 N–H and O–H groups in total. The molecular formula is C21H25ClN4O3. The van der Waals surface area contributed by atoms with Crippen LogP contribution in [0.5, 0.6) is 0 Å². The van der Waals surface area contributed by atoms with Crippen molar-refractivity contribution < 1.29 is 14.7 Å². The van der Waals surface area contributed by atoms with Gasteiger partial charge in [0.25, 0.3) is 5.91 Å². The zero-order valence-corrected chi connectivity index (χ0v) is 17.0. The number of fused-ring (bicyclic) bond motifs is 1. The van der Waals surface area contributed by atoms with Crippen LogP contribution < -0.4 is 0 Å². The molecule has 0 aromatic carbocycles. The van der Waals surface area contributed by atoms with Crippen LogP contribution in [-0.2, 0) is 4.79 Å². The molecule has 154 valence electrons. The third-order valence-corrected chi connectivity index (χ3v) is 6.87. The third-order valence-electron chi connectivity index (χ3n) is 6.50. The molecule has 0 unspecified atom stereocenters. The number of hydrogen-bond donors (Lipinski definition) is 1. The molecule has 1 aliphatic heterocycles. The third kappa shape index (κ3) is 3.51. The number of aliphatic hydroxyl groups is 1. The van der Waals surface area contributed by atoms with Crippen LogP contribution >= 0.6 is 11.6 Å². The highest BCUT2D eigenvalue weighted by Gasteiger charge is 2.35. The van der Waals surface area contributed by atoms with Crippen LogP contribution in [0.15, 0.2) is 18.3 Å². The lowest BCUT2D eigenvalue weighted by molar-refractivity contribution is -0.138. The van der Waals surface area contributed by atoms with Gasteiger partial charge in [0.2, 0.25) is 5.91 Å². The SMILES string of the molecule is O=C(c1nn2ccc(C3CC3)cc2c1Cl)N1CCN(C2CCC(O)CC2)C(=O)C1. The van der Waals surface area contributed by atoms with E-state index in [0.717, 1.165) is 31.2 Å². The van der Waals surface area contributed by atoms with E-state index < -0.39 is 0 Å². The largest absolute Gasteiger partial charge is 0.393 e. The Balaban J connectivity index is 1.31. The molecule has 2 aromatic rings. The molecule has 5 rings (SSSR count). The first-order chi connectivity index (χ1) is 14.0. The van der Waals surface area contributed by atoms with E-state index in [-0.39, 0.29) is 36.2 Å². The Bertz CT molecular complexity index is 962. The maximum Gasteiger partial charge on any atom is 0.276 e. The second-order valence-electron chi connectivity index (χ2n) is 8.50. The molecule has 2 saturated carbocycles. The van der Waals surface area contributed by atoms with Crippen LogP contribution in [0.3, 0.4) is 0 Å². The lowest BCUT2D eigenvalue weighted by atomic mass is 9.91. The number of hydrogen-bond acceptors (Lipinski definition) is 4. The van der Waals surface area contributed by atoms with Gasteiger partial charge >= 0.3 is 0 Å². The van der Waals surface area contributed by atoms with E-state index in [4.69, 9.17) is 11.6 Å². The van der Waals surface area contributed by atoms with Gasteiger partial charge in [-0.3, -0.25) is 9.59 Å². The van der Waals surface area contributed by atoms with Crippen LogP contribution in [0.1, 0.15) is 60.5 Å². The van der Waals surface area contributed by atoms with Crippen LogP contribution in [0, 0.1) is 0 Å². The zero-order chi connectivity index (χ0) is 20.1. The maximum atomic E-state index is 13.1. The second kappa shape index (κ2) is 7.29. The van der Waals surface area contributed by atoms with Gasteiger partial charge in [-0.2, -0.15) is 5.10 Å². The first-order valence-corrected chi connectivity index (χ1v) is 10.8. The second-order valence-corrected chi connectivity index (χ2v) is 8.88. The number of pyridine rings is 1. The normalized spacial score (nSPS) is 25.7. The van der Waals surface area contributed by atoms with Crippen molar-refractivity contribution in [3.63, 3.8) is 0 Å². The van der Waals surface area contributed by atoms with Crippen LogP contribution in [0.2, 0.25) is 5.02 Å². The summed E-state index contributed by atoms with van der Waals surface area (Å²) in [6, 6.07) is 4.22. The van der Waals surface area contributed by atoms with E-state index in [0.29, 0.717) is 24.0 Å². The summed E-state index contributed by atoms with van der Waals surface area (Å²) in [4.78, 5) is 29.2. The molecule has 2 aromatic heterocycles. The first kappa shape index (κ1) is 18.9. The molecule has 2 aliphatic carbocycles. The molecule has 0 spiro atoms. The molecule has 7 nitrogen and oxygen atoms in total. The highest BCUT2D eigenvalue weighted by Crippen LogP contribution is 2.41. The summed E-state index contributed by atoms with van der Waals surface area (Å²) in [5.41, 5.74) is 2.19. The fourth-order valence-electron chi connectivity index (χ4n) is 4.61. The van der Waals surface area contributed by atoms with Gasteiger partial charge in [0.15, 0.2) is 5.69 Å². The van der Waals surface area contributed by atoms with E-state index in [1.165, 1.54) is 18.4 Å². The average molecular weight is 417 g/mol. The Hall–Kier alpha value is -2.12. The fourth-order valence-corrected chi connectivity index (χ4v) is 4.87. The van der Waals surface area contributed by atoms with Crippen LogP contribution in [0.4, 0.5) is 0 Å². The van der Waals surface area contributed by atoms with Gasteiger partial charge < -0.3 is 14.9 Å². The van der Waals surface area contributed by atoms with E-state index >= 15 is 0 Å². The van der Waals surface area contributed by atoms with E-state index in [1.807, 2.05) is 23.2 Å². The monoisotopic (exact) mass is 416 g/mol. The van der Waals surface area contributed by atoms with Gasteiger partial charge in [0.1, 0.15) is 6.54 Å². The number of aliphatic hydroxyl groups excluding tert-OH is 1. The zero-order valence-electron chi connectivity index (χ0n) is 16.3. The molecular weight excluding hydrogens is 392 g/mol. The highest BCUT2D eigenvalue weighted by atomic mass is 35.5. The van der Waals surface area contributed by atoms with Crippen molar-refractivity contribution in [1.29, 1.82) is 0 Å². The fraction of sp³-hybridized carbons (Fsp3) is 0.571. The minimum atomic E-state index is -0.293. The average Bonchev–Trinajstić information content (AvgIpc) is 3.52. The molecule has 1 saturated heterocycles. The predicted molar refractivity (Wildman–Crippen MR) is 108 cm³/mol. The van der Waals surface area contributed by atoms with Gasteiger partial charge in [-0.05, 0) is 62.1 Å². The van der Waals surface area contributed by atoms with E-state index in [2.05, 4.69) is 5.10 Å². The van der Waals surface area contributed by atoms with Crippen molar-refractivity contribution in [2.45, 2.75) is 56.6 Å². The molecule has 0 atom stereocenters. The molecule has 3 heterocycles. The summed E-state index contributed by atoms with van der Waals surface area (Å²) in [7, 11) is 0. The van der Waals surface area contributed by atoms with Crippen molar-refractivity contribution in [3.8, 4) is 0 Å². The Kier molecular flexibility index (Phi) is 4.75. The Morgan fingerprint density at radius 1 is 1.14 bits per heavy atom. The quantitative estimate of drug-likeness (QED) is 0.833. The molecule has 3 fully saturated rings. The number of aromatic nitrogens is 2.